The third-order valence-corrected chi connectivity index (χ3v) is 2.73. The minimum atomic E-state index is 0.162. The largest absolute Gasteiger partial charge is 0.493 e. The van der Waals surface area contributed by atoms with Gasteiger partial charge < -0.3 is 15.2 Å². The highest BCUT2D eigenvalue weighted by atomic mass is 16.5. The molecule has 82 valence electrons. The highest BCUT2D eigenvalue weighted by Crippen LogP contribution is 2.32. The summed E-state index contributed by atoms with van der Waals surface area (Å²) in [5, 5.41) is 0. The van der Waals surface area contributed by atoms with E-state index in [1.807, 2.05) is 24.3 Å². The molecule has 3 nitrogen and oxygen atoms in total. The summed E-state index contributed by atoms with van der Waals surface area (Å²) >= 11 is 0. The van der Waals surface area contributed by atoms with E-state index in [0.717, 1.165) is 11.5 Å². The van der Waals surface area contributed by atoms with Crippen LogP contribution >= 0.6 is 0 Å². The summed E-state index contributed by atoms with van der Waals surface area (Å²) < 4.78 is 10.8. The summed E-state index contributed by atoms with van der Waals surface area (Å²) in [6.45, 7) is 0.574. The van der Waals surface area contributed by atoms with Crippen LogP contribution in [0.25, 0.3) is 0 Å². The maximum atomic E-state index is 5.95. The normalized spacial score (nSPS) is 17.2. The molecule has 1 aliphatic carbocycles. The molecule has 0 bridgehead atoms. The van der Waals surface area contributed by atoms with Crippen LogP contribution in [0.2, 0.25) is 0 Å². The Morgan fingerprint density at radius 3 is 2.60 bits per heavy atom. The van der Waals surface area contributed by atoms with Gasteiger partial charge in [0.25, 0.3) is 0 Å². The fraction of sp³-hybridized carbons (Fsp3) is 0.500. The second kappa shape index (κ2) is 4.53. The predicted octanol–water partition coefficient (Wildman–Crippen LogP) is 1.81. The van der Waals surface area contributed by atoms with Crippen LogP contribution < -0.4 is 15.2 Å². The Morgan fingerprint density at radius 2 is 2.00 bits per heavy atom. The first-order chi connectivity index (χ1) is 7.31. The van der Waals surface area contributed by atoms with Gasteiger partial charge in [-0.1, -0.05) is 12.1 Å². The molecule has 1 saturated carbocycles. The first kappa shape index (κ1) is 10.3. The smallest absolute Gasteiger partial charge is 0.161 e. The third kappa shape index (κ3) is 2.63. The maximum absolute atomic E-state index is 5.95. The molecule has 1 aromatic carbocycles. The molecule has 3 heteroatoms. The van der Waals surface area contributed by atoms with Crippen molar-refractivity contribution < 1.29 is 9.47 Å². The number of hydrogen-bond acceptors (Lipinski definition) is 3. The zero-order valence-electron chi connectivity index (χ0n) is 8.98. The van der Waals surface area contributed by atoms with E-state index < -0.39 is 0 Å². The summed E-state index contributed by atoms with van der Waals surface area (Å²) in [4.78, 5) is 0. The van der Waals surface area contributed by atoms with E-state index in [9.17, 15) is 0 Å². The quantitative estimate of drug-likeness (QED) is 0.800. The van der Waals surface area contributed by atoms with Crippen molar-refractivity contribution >= 4 is 0 Å². The summed E-state index contributed by atoms with van der Waals surface area (Å²) in [7, 11) is 1.64. The van der Waals surface area contributed by atoms with Crippen molar-refractivity contribution in [3.05, 3.63) is 24.3 Å². The highest BCUT2D eigenvalue weighted by Gasteiger charge is 2.28. The van der Waals surface area contributed by atoms with Crippen LogP contribution in [-0.4, -0.2) is 19.8 Å². The van der Waals surface area contributed by atoms with Gasteiger partial charge >= 0.3 is 0 Å². The molecule has 1 fully saturated rings. The van der Waals surface area contributed by atoms with Crippen LogP contribution in [0, 0.1) is 5.92 Å². The summed E-state index contributed by atoms with van der Waals surface area (Å²) in [5.74, 6) is 2.20. The second-order valence-corrected chi connectivity index (χ2v) is 3.96. The number of benzene rings is 1. The van der Waals surface area contributed by atoms with Crippen LogP contribution in [0.1, 0.15) is 12.8 Å². The molecule has 0 aromatic heterocycles. The monoisotopic (exact) mass is 207 g/mol. The van der Waals surface area contributed by atoms with Crippen LogP contribution in [0.4, 0.5) is 0 Å². The third-order valence-electron chi connectivity index (χ3n) is 2.73. The molecule has 15 heavy (non-hydrogen) atoms. The molecule has 1 atom stereocenters. The molecule has 0 spiro atoms. The molecule has 0 aliphatic heterocycles. The van der Waals surface area contributed by atoms with Crippen molar-refractivity contribution in [2.24, 2.45) is 11.7 Å². The van der Waals surface area contributed by atoms with E-state index in [1.165, 1.54) is 12.8 Å². The summed E-state index contributed by atoms with van der Waals surface area (Å²) in [6, 6.07) is 7.80. The van der Waals surface area contributed by atoms with E-state index in [2.05, 4.69) is 0 Å². The number of nitrogens with two attached hydrogens (primary N) is 1. The summed E-state index contributed by atoms with van der Waals surface area (Å²) in [5.41, 5.74) is 5.95. The molecule has 1 unspecified atom stereocenters. The maximum Gasteiger partial charge on any atom is 0.161 e. The lowest BCUT2D eigenvalue weighted by atomic mass is 10.2. The van der Waals surface area contributed by atoms with Gasteiger partial charge in [0.15, 0.2) is 11.5 Å². The average molecular weight is 207 g/mol. The zero-order valence-corrected chi connectivity index (χ0v) is 8.98. The van der Waals surface area contributed by atoms with Gasteiger partial charge in [-0.2, -0.15) is 0 Å². The molecule has 2 N–H and O–H groups in total. The minimum absolute atomic E-state index is 0.162. The van der Waals surface area contributed by atoms with E-state index in [1.54, 1.807) is 7.11 Å². The molecular formula is C12H17NO2. The van der Waals surface area contributed by atoms with E-state index in [-0.39, 0.29) is 6.04 Å². The van der Waals surface area contributed by atoms with Crippen LogP contribution in [0.3, 0.4) is 0 Å². The van der Waals surface area contributed by atoms with Gasteiger partial charge in [-0.05, 0) is 30.9 Å². The molecule has 0 heterocycles. The Labute approximate surface area is 90.2 Å². The molecule has 0 radical (unpaired) electrons. The van der Waals surface area contributed by atoms with Crippen LogP contribution in [0.5, 0.6) is 11.5 Å². The Bertz CT molecular complexity index is 323. The lowest BCUT2D eigenvalue weighted by Crippen LogP contribution is -2.29. The average Bonchev–Trinajstić information content (AvgIpc) is 3.10. The number of methoxy groups -OCH3 is 1. The van der Waals surface area contributed by atoms with Gasteiger partial charge in [-0.3, -0.25) is 0 Å². The fourth-order valence-corrected chi connectivity index (χ4v) is 1.58. The highest BCUT2D eigenvalue weighted by molar-refractivity contribution is 5.39. The molecule has 0 saturated heterocycles. The first-order valence-corrected chi connectivity index (χ1v) is 5.32. The number of hydrogen-bond donors (Lipinski definition) is 1. The topological polar surface area (TPSA) is 44.5 Å². The van der Waals surface area contributed by atoms with Gasteiger partial charge in [0.1, 0.15) is 6.61 Å². The molecule has 1 aliphatic rings. The van der Waals surface area contributed by atoms with Crippen LogP contribution in [-0.2, 0) is 0 Å². The fourth-order valence-electron chi connectivity index (χ4n) is 1.58. The molecule has 2 rings (SSSR count). The van der Waals surface area contributed by atoms with Crippen molar-refractivity contribution in [1.29, 1.82) is 0 Å². The Hall–Kier alpha value is -1.22. The Morgan fingerprint density at radius 1 is 1.33 bits per heavy atom. The van der Waals surface area contributed by atoms with Gasteiger partial charge in [0.2, 0.25) is 0 Å². The van der Waals surface area contributed by atoms with Crippen molar-refractivity contribution in [2.45, 2.75) is 18.9 Å². The summed E-state index contributed by atoms with van der Waals surface area (Å²) in [6.07, 6.45) is 2.49. The zero-order chi connectivity index (χ0) is 10.7. The molecule has 0 amide bonds. The van der Waals surface area contributed by atoms with Gasteiger partial charge in [-0.15, -0.1) is 0 Å². The number of para-hydroxylation sites is 2. The lowest BCUT2D eigenvalue weighted by molar-refractivity contribution is 0.261. The van der Waals surface area contributed by atoms with Gasteiger partial charge in [0, 0.05) is 6.04 Å². The van der Waals surface area contributed by atoms with Crippen molar-refractivity contribution in [3.63, 3.8) is 0 Å². The second-order valence-electron chi connectivity index (χ2n) is 3.96. The Kier molecular flexibility index (Phi) is 3.11. The van der Waals surface area contributed by atoms with E-state index in [0.29, 0.717) is 12.5 Å². The SMILES string of the molecule is COc1ccccc1OCC(N)C1CC1. The van der Waals surface area contributed by atoms with Gasteiger partial charge in [0.05, 0.1) is 7.11 Å². The molecule has 1 aromatic rings. The Balaban J connectivity index is 1.91. The number of rotatable bonds is 5. The standard InChI is InChI=1S/C12H17NO2/c1-14-11-4-2-3-5-12(11)15-8-10(13)9-6-7-9/h2-5,9-10H,6-8,13H2,1H3. The number of ether oxygens (including phenoxy) is 2. The van der Waals surface area contributed by atoms with Crippen molar-refractivity contribution in [3.8, 4) is 11.5 Å². The van der Waals surface area contributed by atoms with Crippen LogP contribution in [0.15, 0.2) is 24.3 Å². The van der Waals surface area contributed by atoms with E-state index in [4.69, 9.17) is 15.2 Å². The minimum Gasteiger partial charge on any atom is -0.493 e. The van der Waals surface area contributed by atoms with E-state index >= 15 is 0 Å². The lowest BCUT2D eigenvalue weighted by Gasteiger charge is -2.14. The van der Waals surface area contributed by atoms with Gasteiger partial charge in [-0.25, -0.2) is 0 Å². The van der Waals surface area contributed by atoms with Crippen molar-refractivity contribution in [1.82, 2.24) is 0 Å². The van der Waals surface area contributed by atoms with Crippen molar-refractivity contribution in [2.75, 3.05) is 13.7 Å². The first-order valence-electron chi connectivity index (χ1n) is 5.32. The molecular weight excluding hydrogens is 190 g/mol. The predicted molar refractivity (Wildman–Crippen MR) is 59.2 cm³/mol.